The molecule has 2 saturated heterocycles. The maximum Gasteiger partial charge on any atom is 0.289 e. The predicted octanol–water partition coefficient (Wildman–Crippen LogP) is 3.40. The number of piperidine rings is 2. The van der Waals surface area contributed by atoms with Gasteiger partial charge in [0.1, 0.15) is 0 Å². The summed E-state index contributed by atoms with van der Waals surface area (Å²) in [5.74, 6) is -0.133. The molecule has 1 N–H and O–H groups in total. The molecule has 0 saturated carbocycles. The predicted molar refractivity (Wildman–Crippen MR) is 112 cm³/mol. The molecule has 0 aliphatic carbocycles. The third kappa shape index (κ3) is 4.40. The van der Waals surface area contributed by atoms with E-state index in [9.17, 15) is 14.4 Å². The van der Waals surface area contributed by atoms with Crippen LogP contribution in [0.5, 0.6) is 0 Å². The first-order valence-corrected chi connectivity index (χ1v) is 10.7. The van der Waals surface area contributed by atoms with Crippen molar-refractivity contribution >= 4 is 23.4 Å². The molecule has 0 atom stereocenters. The zero-order chi connectivity index (χ0) is 20.9. The topological polar surface area (TPSA) is 82.9 Å². The van der Waals surface area contributed by atoms with Crippen molar-refractivity contribution in [3.63, 3.8) is 0 Å². The van der Waals surface area contributed by atoms with Gasteiger partial charge in [0.25, 0.3) is 11.8 Å². The zero-order valence-corrected chi connectivity index (χ0v) is 17.0. The summed E-state index contributed by atoms with van der Waals surface area (Å²) in [5, 5.41) is 2.96. The molecule has 30 heavy (non-hydrogen) atoms. The second kappa shape index (κ2) is 9.15. The normalized spacial score (nSPS) is 17.6. The summed E-state index contributed by atoms with van der Waals surface area (Å²) >= 11 is 0. The monoisotopic (exact) mass is 409 g/mol. The summed E-state index contributed by atoms with van der Waals surface area (Å²) in [6.07, 6.45) is 5.85. The van der Waals surface area contributed by atoms with Gasteiger partial charge < -0.3 is 19.5 Å². The molecule has 0 unspecified atom stereocenters. The Balaban J connectivity index is 1.37. The molecule has 158 valence electrons. The van der Waals surface area contributed by atoms with Crippen molar-refractivity contribution in [2.24, 2.45) is 5.92 Å². The Hall–Kier alpha value is -3.09. The first kappa shape index (κ1) is 20.2. The number of benzene rings is 1. The van der Waals surface area contributed by atoms with Crippen LogP contribution < -0.4 is 5.32 Å². The molecule has 1 aromatic carbocycles. The second-order valence-electron chi connectivity index (χ2n) is 7.93. The van der Waals surface area contributed by atoms with Gasteiger partial charge in [-0.15, -0.1) is 0 Å². The van der Waals surface area contributed by atoms with Gasteiger partial charge in [-0.1, -0.05) is 12.1 Å². The van der Waals surface area contributed by atoms with Crippen LogP contribution >= 0.6 is 0 Å². The lowest BCUT2D eigenvalue weighted by Crippen LogP contribution is -2.41. The summed E-state index contributed by atoms with van der Waals surface area (Å²) in [7, 11) is 0. The number of likely N-dealkylation sites (tertiary alicyclic amines) is 2. The van der Waals surface area contributed by atoms with Gasteiger partial charge in [-0.05, 0) is 56.4 Å². The number of hydrogen-bond donors (Lipinski definition) is 1. The van der Waals surface area contributed by atoms with Crippen LogP contribution in [0.15, 0.2) is 47.1 Å². The quantitative estimate of drug-likeness (QED) is 0.839. The Morgan fingerprint density at radius 1 is 0.833 bits per heavy atom. The molecule has 4 rings (SSSR count). The average molecular weight is 409 g/mol. The van der Waals surface area contributed by atoms with Crippen molar-refractivity contribution in [3.05, 3.63) is 54.0 Å². The first-order chi connectivity index (χ1) is 14.6. The standard InChI is InChI=1S/C23H27N3O4/c27-21(17-10-14-26(15-11-17)23(29)20-9-6-16-30-20)24-19-8-3-2-7-18(19)22(28)25-12-4-1-5-13-25/h2-3,6-9,16-17H,1,4-5,10-15H2,(H,24,27). The summed E-state index contributed by atoms with van der Waals surface area (Å²) in [4.78, 5) is 41.8. The highest BCUT2D eigenvalue weighted by Crippen LogP contribution is 2.24. The highest BCUT2D eigenvalue weighted by Gasteiger charge is 2.29. The molecule has 2 aromatic rings. The number of carbonyl (C=O) groups is 3. The number of carbonyl (C=O) groups excluding carboxylic acids is 3. The minimum atomic E-state index is -0.191. The van der Waals surface area contributed by atoms with Crippen LogP contribution in [0.3, 0.4) is 0 Å². The van der Waals surface area contributed by atoms with Gasteiger partial charge in [-0.2, -0.15) is 0 Å². The Morgan fingerprint density at radius 3 is 2.23 bits per heavy atom. The molecule has 7 heteroatoms. The van der Waals surface area contributed by atoms with Gasteiger partial charge in [0.15, 0.2) is 5.76 Å². The van der Waals surface area contributed by atoms with Crippen molar-refractivity contribution in [3.8, 4) is 0 Å². The average Bonchev–Trinajstić information content (AvgIpc) is 3.34. The molecule has 0 radical (unpaired) electrons. The van der Waals surface area contributed by atoms with E-state index in [0.717, 1.165) is 32.4 Å². The molecule has 0 bridgehead atoms. The van der Waals surface area contributed by atoms with Gasteiger partial charge in [0, 0.05) is 32.1 Å². The van der Waals surface area contributed by atoms with Crippen molar-refractivity contribution < 1.29 is 18.8 Å². The fraction of sp³-hybridized carbons (Fsp3) is 0.435. The largest absolute Gasteiger partial charge is 0.459 e. The number of amides is 3. The van der Waals surface area contributed by atoms with Crippen LogP contribution in [0.4, 0.5) is 5.69 Å². The minimum Gasteiger partial charge on any atom is -0.459 e. The zero-order valence-electron chi connectivity index (χ0n) is 17.0. The van der Waals surface area contributed by atoms with Crippen LogP contribution in [-0.2, 0) is 4.79 Å². The van der Waals surface area contributed by atoms with Gasteiger partial charge in [0.05, 0.1) is 17.5 Å². The minimum absolute atomic E-state index is 0.0236. The fourth-order valence-electron chi connectivity index (χ4n) is 4.18. The summed E-state index contributed by atoms with van der Waals surface area (Å²) < 4.78 is 5.18. The van der Waals surface area contributed by atoms with E-state index in [0.29, 0.717) is 42.9 Å². The number of para-hydroxylation sites is 1. The molecule has 2 fully saturated rings. The van der Waals surface area contributed by atoms with E-state index in [1.54, 1.807) is 29.2 Å². The van der Waals surface area contributed by atoms with Crippen LogP contribution in [0.1, 0.15) is 53.0 Å². The number of nitrogens with one attached hydrogen (secondary N) is 1. The third-order valence-corrected chi connectivity index (χ3v) is 5.94. The highest BCUT2D eigenvalue weighted by atomic mass is 16.3. The maximum absolute atomic E-state index is 12.9. The highest BCUT2D eigenvalue weighted by molar-refractivity contribution is 6.04. The van der Waals surface area contributed by atoms with E-state index in [-0.39, 0.29) is 23.6 Å². The van der Waals surface area contributed by atoms with Crippen LogP contribution in [0, 0.1) is 5.92 Å². The maximum atomic E-state index is 12.9. The van der Waals surface area contributed by atoms with Gasteiger partial charge in [-0.25, -0.2) is 0 Å². The second-order valence-corrected chi connectivity index (χ2v) is 7.93. The van der Waals surface area contributed by atoms with Crippen molar-refractivity contribution in [2.75, 3.05) is 31.5 Å². The molecule has 7 nitrogen and oxygen atoms in total. The van der Waals surface area contributed by atoms with Crippen molar-refractivity contribution in [1.82, 2.24) is 9.80 Å². The lowest BCUT2D eigenvalue weighted by atomic mass is 9.95. The molecule has 1 aromatic heterocycles. The Morgan fingerprint density at radius 2 is 1.53 bits per heavy atom. The van der Waals surface area contributed by atoms with Crippen LogP contribution in [0.25, 0.3) is 0 Å². The van der Waals surface area contributed by atoms with E-state index in [1.807, 2.05) is 17.0 Å². The molecule has 0 spiro atoms. The first-order valence-electron chi connectivity index (χ1n) is 10.7. The lowest BCUT2D eigenvalue weighted by Gasteiger charge is -2.31. The third-order valence-electron chi connectivity index (χ3n) is 5.94. The summed E-state index contributed by atoms with van der Waals surface area (Å²) in [5.41, 5.74) is 1.10. The number of furan rings is 1. The number of anilines is 1. The van der Waals surface area contributed by atoms with E-state index < -0.39 is 0 Å². The Bertz CT molecular complexity index is 895. The number of nitrogens with zero attached hydrogens (tertiary/aromatic N) is 2. The smallest absolute Gasteiger partial charge is 0.289 e. The molecular weight excluding hydrogens is 382 g/mol. The van der Waals surface area contributed by atoms with Crippen molar-refractivity contribution in [1.29, 1.82) is 0 Å². The van der Waals surface area contributed by atoms with Crippen LogP contribution in [0.2, 0.25) is 0 Å². The van der Waals surface area contributed by atoms with Crippen LogP contribution in [-0.4, -0.2) is 53.7 Å². The molecule has 2 aliphatic heterocycles. The van der Waals surface area contributed by atoms with Gasteiger partial charge in [-0.3, -0.25) is 14.4 Å². The lowest BCUT2D eigenvalue weighted by molar-refractivity contribution is -0.121. The van der Waals surface area contributed by atoms with E-state index in [2.05, 4.69) is 5.32 Å². The molecular formula is C23H27N3O4. The molecule has 3 heterocycles. The summed E-state index contributed by atoms with van der Waals surface area (Å²) in [6.45, 7) is 2.55. The Labute approximate surface area is 176 Å². The number of rotatable bonds is 4. The van der Waals surface area contributed by atoms with Gasteiger partial charge in [0.2, 0.25) is 5.91 Å². The van der Waals surface area contributed by atoms with Gasteiger partial charge >= 0.3 is 0 Å². The SMILES string of the molecule is O=C(Nc1ccccc1C(=O)N1CCCCC1)C1CCN(C(=O)c2ccco2)CC1. The van der Waals surface area contributed by atoms with Crippen molar-refractivity contribution in [2.45, 2.75) is 32.1 Å². The van der Waals surface area contributed by atoms with E-state index in [1.165, 1.54) is 6.26 Å². The molecule has 2 aliphatic rings. The molecule has 3 amide bonds. The summed E-state index contributed by atoms with van der Waals surface area (Å²) in [6, 6.07) is 10.5. The Kier molecular flexibility index (Phi) is 6.16. The van der Waals surface area contributed by atoms with E-state index in [4.69, 9.17) is 4.42 Å². The number of hydrogen-bond acceptors (Lipinski definition) is 4. The fourth-order valence-corrected chi connectivity index (χ4v) is 4.18. The van der Waals surface area contributed by atoms with E-state index >= 15 is 0 Å².